The summed E-state index contributed by atoms with van der Waals surface area (Å²) in [6, 6.07) is 1.30. The molecule has 0 fully saturated rings. The summed E-state index contributed by atoms with van der Waals surface area (Å²) in [7, 11) is 0. The van der Waals surface area contributed by atoms with Crippen LogP contribution in [0.15, 0.2) is 6.07 Å². The van der Waals surface area contributed by atoms with Crippen LogP contribution in [0.5, 0.6) is 0 Å². The van der Waals surface area contributed by atoms with Crippen LogP contribution in [0, 0.1) is 10.1 Å². The standard InChI is InChI=1S/C8H11N3O4.C8H12N2O2/c1-3-4-5-6(11(14)15)7(8(12)13)10(2)9-5;1-3-4-6-5-7(8(11)12)10(2)9-6/h3-4H2,1-2H3,(H,12,13);5H,3-4H2,1-2H3,(H,11,12)/i2*2D3. The van der Waals surface area contributed by atoms with E-state index in [4.69, 9.17) is 18.4 Å². The summed E-state index contributed by atoms with van der Waals surface area (Å²) < 4.78 is 43.6. The summed E-state index contributed by atoms with van der Waals surface area (Å²) in [5.74, 6) is -2.96. The van der Waals surface area contributed by atoms with E-state index in [1.54, 1.807) is 6.92 Å². The molecular weight excluding hydrogens is 358 g/mol. The molecule has 0 bridgehead atoms. The zero-order valence-electron chi connectivity index (χ0n) is 20.7. The number of rotatable bonds is 7. The minimum Gasteiger partial charge on any atom is -0.477 e. The second-order valence-electron chi connectivity index (χ2n) is 5.36. The number of carboxylic acids is 2. The molecule has 0 atom stereocenters. The van der Waals surface area contributed by atoms with Gasteiger partial charge in [0, 0.05) is 22.2 Å². The Bertz CT molecular complexity index is 1030. The van der Waals surface area contributed by atoms with Gasteiger partial charge in [-0.15, -0.1) is 0 Å². The first kappa shape index (κ1) is 13.9. The molecule has 0 spiro atoms. The van der Waals surface area contributed by atoms with Crippen LogP contribution in [-0.4, -0.2) is 46.6 Å². The van der Waals surface area contributed by atoms with E-state index in [0.717, 1.165) is 6.42 Å². The summed E-state index contributed by atoms with van der Waals surface area (Å²) in [6.07, 6.45) is 1.98. The van der Waals surface area contributed by atoms with Crippen molar-refractivity contribution in [1.29, 1.82) is 0 Å². The maximum atomic E-state index is 11.0. The van der Waals surface area contributed by atoms with Gasteiger partial charge < -0.3 is 10.2 Å². The zero-order chi connectivity index (χ0) is 25.7. The fraction of sp³-hybridized carbons (Fsp3) is 0.500. The Kier molecular flexibility index (Phi) is 4.87. The highest BCUT2D eigenvalue weighted by Gasteiger charge is 2.30. The monoisotopic (exact) mass is 387 g/mol. The van der Waals surface area contributed by atoms with Crippen LogP contribution in [0.4, 0.5) is 5.69 Å². The van der Waals surface area contributed by atoms with Gasteiger partial charge in [0.05, 0.1) is 10.6 Å². The summed E-state index contributed by atoms with van der Waals surface area (Å²) in [4.78, 5) is 31.7. The van der Waals surface area contributed by atoms with Crippen molar-refractivity contribution in [3.63, 3.8) is 0 Å². The van der Waals surface area contributed by atoms with E-state index in [1.165, 1.54) is 6.07 Å². The predicted octanol–water partition coefficient (Wildman–Crippen LogP) is 2.05. The second kappa shape index (κ2) is 9.46. The highest BCUT2D eigenvalue weighted by atomic mass is 16.6. The van der Waals surface area contributed by atoms with Crippen molar-refractivity contribution in [2.75, 3.05) is 0 Å². The van der Waals surface area contributed by atoms with Crippen LogP contribution in [0.2, 0.25) is 0 Å². The van der Waals surface area contributed by atoms with E-state index in [9.17, 15) is 19.7 Å². The number of hydrogen-bond donors (Lipinski definition) is 2. The molecule has 0 aliphatic carbocycles. The number of nitrogens with zero attached hydrogens (tertiary/aromatic N) is 5. The van der Waals surface area contributed by atoms with Crippen molar-refractivity contribution in [3.8, 4) is 0 Å². The lowest BCUT2D eigenvalue weighted by Crippen LogP contribution is -2.07. The highest BCUT2D eigenvalue weighted by Crippen LogP contribution is 2.24. The van der Waals surface area contributed by atoms with Crippen LogP contribution in [0.3, 0.4) is 0 Å². The Morgan fingerprint density at radius 3 is 2.19 bits per heavy atom. The average molecular weight is 387 g/mol. The van der Waals surface area contributed by atoms with Gasteiger partial charge in [-0.2, -0.15) is 10.2 Å². The van der Waals surface area contributed by atoms with E-state index in [0.29, 0.717) is 23.2 Å². The van der Waals surface area contributed by atoms with Gasteiger partial charge in [0.25, 0.3) is 0 Å². The Morgan fingerprint density at radius 2 is 1.78 bits per heavy atom. The molecule has 2 aromatic rings. The smallest absolute Gasteiger partial charge is 0.361 e. The van der Waals surface area contributed by atoms with Gasteiger partial charge in [-0.05, 0) is 18.9 Å². The minimum atomic E-state index is -2.87. The van der Waals surface area contributed by atoms with Gasteiger partial charge in [-0.25, -0.2) is 9.59 Å². The molecule has 0 radical (unpaired) electrons. The molecule has 2 rings (SSSR count). The molecule has 0 amide bonds. The number of carbonyl (C=O) groups is 2. The Labute approximate surface area is 163 Å². The third kappa shape index (κ3) is 5.36. The molecule has 0 saturated heterocycles. The van der Waals surface area contributed by atoms with Crippen LogP contribution >= 0.6 is 0 Å². The Balaban J connectivity index is 0.000000335. The largest absolute Gasteiger partial charge is 0.477 e. The number of hydrogen-bond acceptors (Lipinski definition) is 6. The van der Waals surface area contributed by atoms with E-state index in [-0.39, 0.29) is 22.5 Å². The third-order valence-electron chi connectivity index (χ3n) is 3.29. The summed E-state index contributed by atoms with van der Waals surface area (Å²) in [6.45, 7) is -1.78. The Morgan fingerprint density at radius 1 is 1.15 bits per heavy atom. The van der Waals surface area contributed by atoms with Gasteiger partial charge >= 0.3 is 17.6 Å². The van der Waals surface area contributed by atoms with Crippen molar-refractivity contribution in [1.82, 2.24) is 19.6 Å². The fourth-order valence-electron chi connectivity index (χ4n) is 2.20. The molecule has 0 aliphatic rings. The van der Waals surface area contributed by atoms with Crippen LogP contribution in [0.25, 0.3) is 0 Å². The van der Waals surface area contributed by atoms with Crippen molar-refractivity contribution in [3.05, 3.63) is 39.0 Å². The molecule has 11 nitrogen and oxygen atoms in total. The average Bonchev–Trinajstić information content (AvgIpc) is 3.24. The Hall–Kier alpha value is -3.24. The van der Waals surface area contributed by atoms with Gasteiger partial charge in [-0.1, -0.05) is 26.7 Å². The fourth-order valence-corrected chi connectivity index (χ4v) is 2.20. The molecule has 148 valence electrons. The molecule has 0 aromatic carbocycles. The summed E-state index contributed by atoms with van der Waals surface area (Å²) >= 11 is 0. The third-order valence-corrected chi connectivity index (χ3v) is 3.29. The number of aromatic nitrogens is 4. The van der Waals surface area contributed by atoms with Crippen LogP contribution in [-0.2, 0) is 26.8 Å². The topological polar surface area (TPSA) is 153 Å². The molecule has 0 unspecified atom stereocenters. The van der Waals surface area contributed by atoms with Crippen molar-refractivity contribution in [2.45, 2.75) is 39.5 Å². The minimum absolute atomic E-state index is 0.129. The van der Waals surface area contributed by atoms with Gasteiger partial charge in [-0.3, -0.25) is 19.5 Å². The summed E-state index contributed by atoms with van der Waals surface area (Å²) in [5, 5.41) is 35.9. The molecule has 2 aromatic heterocycles. The van der Waals surface area contributed by atoms with Crippen molar-refractivity contribution < 1.29 is 32.9 Å². The van der Waals surface area contributed by atoms with Gasteiger partial charge in [0.1, 0.15) is 11.4 Å². The lowest BCUT2D eigenvalue weighted by Gasteiger charge is -1.93. The second-order valence-corrected chi connectivity index (χ2v) is 5.36. The van der Waals surface area contributed by atoms with Crippen molar-refractivity contribution in [2.24, 2.45) is 14.0 Å². The maximum absolute atomic E-state index is 11.0. The lowest BCUT2D eigenvalue weighted by molar-refractivity contribution is -0.386. The zero-order valence-corrected chi connectivity index (χ0v) is 14.7. The van der Waals surface area contributed by atoms with E-state index in [2.05, 4.69) is 10.2 Å². The molecule has 0 aliphatic heterocycles. The number of aromatic carboxylic acids is 2. The maximum Gasteiger partial charge on any atom is 0.361 e. The number of nitro groups is 1. The van der Waals surface area contributed by atoms with Crippen LogP contribution < -0.4 is 0 Å². The first-order valence-electron chi connectivity index (χ1n) is 10.9. The quantitative estimate of drug-likeness (QED) is 0.540. The van der Waals surface area contributed by atoms with E-state index < -0.39 is 42.2 Å². The van der Waals surface area contributed by atoms with Gasteiger partial charge in [0.15, 0.2) is 0 Å². The highest BCUT2D eigenvalue weighted by molar-refractivity contribution is 5.91. The molecule has 27 heavy (non-hydrogen) atoms. The molecular formula is C16H23N5O6. The number of aryl methyl sites for hydroxylation is 4. The first-order valence-corrected chi connectivity index (χ1v) is 7.88. The summed E-state index contributed by atoms with van der Waals surface area (Å²) in [5.41, 5.74) is -1.59. The normalized spacial score (nSPS) is 14.4. The number of carboxylic acid groups (broad SMARTS) is 2. The van der Waals surface area contributed by atoms with Crippen LogP contribution in [0.1, 0.15) is 67.3 Å². The predicted molar refractivity (Wildman–Crippen MR) is 95.0 cm³/mol. The lowest BCUT2D eigenvalue weighted by atomic mass is 10.2. The van der Waals surface area contributed by atoms with E-state index >= 15 is 0 Å². The SMILES string of the molecule is [2H]C([2H])([2H])n1nc(CCC)c([N+](=O)[O-])c1C(=O)O.[2H]C([2H])([2H])n1nc(CCC)cc1C(=O)O. The molecule has 11 heteroatoms. The molecule has 0 saturated carbocycles. The first-order chi connectivity index (χ1) is 15.1. The van der Waals surface area contributed by atoms with E-state index in [1.807, 2.05) is 6.92 Å². The van der Waals surface area contributed by atoms with Crippen molar-refractivity contribution >= 4 is 17.6 Å². The molecule has 2 heterocycles. The van der Waals surface area contributed by atoms with Gasteiger partial charge in [0.2, 0.25) is 5.69 Å². The molecule has 2 N–H and O–H groups in total.